The molecule has 1 amide bonds. The van der Waals surface area contributed by atoms with Crippen LogP contribution in [-0.2, 0) is 0 Å². The largest absolute Gasteiger partial charge is 0.395 e. The maximum absolute atomic E-state index is 11.3. The van der Waals surface area contributed by atoms with Crippen molar-refractivity contribution in [1.82, 2.24) is 15.5 Å². The Morgan fingerprint density at radius 1 is 1.73 bits per heavy atom. The van der Waals surface area contributed by atoms with E-state index < -0.39 is 10.8 Å². The minimum atomic E-state index is -0.695. The van der Waals surface area contributed by atoms with Crippen LogP contribution in [0, 0.1) is 10.1 Å². The Morgan fingerprint density at radius 3 is 2.87 bits per heavy atom. The third-order valence-electron chi connectivity index (χ3n) is 1.48. The first-order valence-electron chi connectivity index (χ1n) is 3.85. The summed E-state index contributed by atoms with van der Waals surface area (Å²) < 4.78 is -0.0112. The number of aromatic nitrogens is 2. The van der Waals surface area contributed by atoms with Crippen LogP contribution in [0.2, 0.25) is 0 Å². The van der Waals surface area contributed by atoms with Gasteiger partial charge in [0.15, 0.2) is 5.69 Å². The van der Waals surface area contributed by atoms with Gasteiger partial charge in [-0.05, 0) is 20.9 Å². The first-order chi connectivity index (χ1) is 7.07. The van der Waals surface area contributed by atoms with Crippen LogP contribution in [0.4, 0.5) is 5.82 Å². The van der Waals surface area contributed by atoms with Crippen molar-refractivity contribution in [2.45, 2.75) is 0 Å². The highest BCUT2D eigenvalue weighted by atomic mass is 79.9. The molecule has 0 aliphatic heterocycles. The van der Waals surface area contributed by atoms with Crippen molar-refractivity contribution in [3.63, 3.8) is 0 Å². The monoisotopic (exact) mass is 278 g/mol. The molecule has 1 rings (SSSR count). The molecule has 0 bridgehead atoms. The minimum absolute atomic E-state index is 0.0112. The Hall–Kier alpha value is -1.48. The van der Waals surface area contributed by atoms with Gasteiger partial charge in [0, 0.05) is 6.54 Å². The van der Waals surface area contributed by atoms with E-state index in [0.717, 1.165) is 0 Å². The van der Waals surface area contributed by atoms with E-state index >= 15 is 0 Å². The molecule has 9 heteroatoms. The highest BCUT2D eigenvalue weighted by Gasteiger charge is 2.24. The topological polar surface area (TPSA) is 121 Å². The van der Waals surface area contributed by atoms with Crippen LogP contribution in [0.5, 0.6) is 0 Å². The second kappa shape index (κ2) is 4.84. The first-order valence-corrected chi connectivity index (χ1v) is 4.64. The van der Waals surface area contributed by atoms with E-state index in [-0.39, 0.29) is 29.1 Å². The van der Waals surface area contributed by atoms with Crippen molar-refractivity contribution in [2.24, 2.45) is 0 Å². The minimum Gasteiger partial charge on any atom is -0.395 e. The Labute approximate surface area is 91.9 Å². The molecule has 0 aliphatic rings. The van der Waals surface area contributed by atoms with Gasteiger partial charge in [0.05, 0.1) is 6.61 Å². The number of H-pyrrole nitrogens is 1. The molecule has 8 nitrogen and oxygen atoms in total. The van der Waals surface area contributed by atoms with Crippen molar-refractivity contribution >= 4 is 27.7 Å². The van der Waals surface area contributed by atoms with Gasteiger partial charge in [-0.15, -0.1) is 5.10 Å². The molecule has 0 spiro atoms. The fourth-order valence-electron chi connectivity index (χ4n) is 0.844. The zero-order valence-corrected chi connectivity index (χ0v) is 8.94. The maximum atomic E-state index is 11.3. The van der Waals surface area contributed by atoms with E-state index in [1.54, 1.807) is 0 Å². The average Bonchev–Trinajstić information content (AvgIpc) is 2.56. The highest BCUT2D eigenvalue weighted by Crippen LogP contribution is 2.25. The average molecular weight is 279 g/mol. The number of amides is 1. The summed E-state index contributed by atoms with van der Waals surface area (Å²) in [5.41, 5.74) is -0.116. The molecule has 0 saturated heterocycles. The Bertz CT molecular complexity index is 390. The van der Waals surface area contributed by atoms with Crippen LogP contribution < -0.4 is 5.32 Å². The van der Waals surface area contributed by atoms with E-state index in [4.69, 9.17) is 5.11 Å². The maximum Gasteiger partial charge on any atom is 0.357 e. The summed E-state index contributed by atoms with van der Waals surface area (Å²) in [6, 6.07) is 0. The third kappa shape index (κ3) is 2.50. The summed E-state index contributed by atoms with van der Waals surface area (Å²) in [5, 5.41) is 26.8. The van der Waals surface area contributed by atoms with Gasteiger partial charge >= 0.3 is 5.82 Å². The molecule has 0 saturated carbocycles. The van der Waals surface area contributed by atoms with Gasteiger partial charge in [-0.1, -0.05) is 5.10 Å². The Kier molecular flexibility index (Phi) is 3.74. The Balaban J connectivity index is 2.86. The van der Waals surface area contributed by atoms with Gasteiger partial charge in [-0.2, -0.15) is 0 Å². The van der Waals surface area contributed by atoms with Crippen molar-refractivity contribution in [3.05, 3.63) is 20.3 Å². The summed E-state index contributed by atoms with van der Waals surface area (Å²) in [4.78, 5) is 21.0. The lowest BCUT2D eigenvalue weighted by Gasteiger charge is -1.98. The normalized spacial score (nSPS) is 10.0. The molecule has 0 aliphatic carbocycles. The van der Waals surface area contributed by atoms with Crippen molar-refractivity contribution in [1.29, 1.82) is 0 Å². The van der Waals surface area contributed by atoms with Crippen LogP contribution >= 0.6 is 15.9 Å². The quantitative estimate of drug-likeness (QED) is 0.520. The fraction of sp³-hybridized carbons (Fsp3) is 0.333. The van der Waals surface area contributed by atoms with Crippen LogP contribution in [0.25, 0.3) is 0 Å². The molecular formula is C6H7BrN4O4. The number of hydrogen-bond donors (Lipinski definition) is 3. The number of aliphatic hydroxyl groups excluding tert-OH is 1. The number of aromatic amines is 1. The van der Waals surface area contributed by atoms with Crippen LogP contribution in [-0.4, -0.2) is 39.3 Å². The van der Waals surface area contributed by atoms with Crippen LogP contribution in [0.3, 0.4) is 0 Å². The molecule has 82 valence electrons. The van der Waals surface area contributed by atoms with E-state index in [1.807, 2.05) is 0 Å². The van der Waals surface area contributed by atoms with Gasteiger partial charge in [0.25, 0.3) is 5.91 Å². The first kappa shape index (κ1) is 11.6. The third-order valence-corrected chi connectivity index (χ3v) is 2.24. The number of aliphatic hydroxyl groups is 1. The predicted molar refractivity (Wildman–Crippen MR) is 52.4 cm³/mol. The molecule has 0 radical (unpaired) electrons. The number of hydrogen-bond acceptors (Lipinski definition) is 5. The SMILES string of the molecule is O=C(NCCO)c1n[nH]c([N+](=O)[O-])c1Br. The van der Waals surface area contributed by atoms with Crippen molar-refractivity contribution < 1.29 is 14.8 Å². The van der Waals surface area contributed by atoms with Crippen molar-refractivity contribution in [2.75, 3.05) is 13.2 Å². The van der Waals surface area contributed by atoms with Gasteiger partial charge in [0.2, 0.25) is 0 Å². The molecule has 0 fully saturated rings. The lowest BCUT2D eigenvalue weighted by Crippen LogP contribution is -2.26. The zero-order chi connectivity index (χ0) is 11.4. The van der Waals surface area contributed by atoms with Gasteiger partial charge in [-0.25, -0.2) is 0 Å². The highest BCUT2D eigenvalue weighted by molar-refractivity contribution is 9.10. The lowest BCUT2D eigenvalue weighted by atomic mass is 10.4. The Morgan fingerprint density at radius 2 is 2.40 bits per heavy atom. The second-order valence-electron chi connectivity index (χ2n) is 2.47. The van der Waals surface area contributed by atoms with E-state index in [2.05, 4.69) is 31.4 Å². The number of carbonyl (C=O) groups is 1. The number of nitro groups is 1. The summed E-state index contributed by atoms with van der Waals surface area (Å²) in [6.07, 6.45) is 0. The molecule has 0 atom stereocenters. The zero-order valence-electron chi connectivity index (χ0n) is 7.36. The summed E-state index contributed by atoms with van der Waals surface area (Å²) in [7, 11) is 0. The van der Waals surface area contributed by atoms with Crippen LogP contribution in [0.1, 0.15) is 10.5 Å². The smallest absolute Gasteiger partial charge is 0.357 e. The standard InChI is InChI=1S/C6H7BrN4O4/c7-3-4(6(13)8-1-2-12)9-10-5(3)11(14)15/h12H,1-2H2,(H,8,13)(H,9,10). The van der Waals surface area contributed by atoms with E-state index in [0.29, 0.717) is 0 Å². The summed E-state index contributed by atoms with van der Waals surface area (Å²) >= 11 is 2.89. The summed E-state index contributed by atoms with van der Waals surface area (Å²) in [5.74, 6) is -0.982. The molecule has 1 heterocycles. The number of nitrogens with one attached hydrogen (secondary N) is 2. The van der Waals surface area contributed by atoms with Gasteiger partial charge in [-0.3, -0.25) is 4.79 Å². The molecular weight excluding hydrogens is 272 g/mol. The molecule has 0 aromatic carbocycles. The van der Waals surface area contributed by atoms with Crippen molar-refractivity contribution in [3.8, 4) is 0 Å². The molecule has 1 aromatic rings. The molecule has 3 N–H and O–H groups in total. The number of carbonyl (C=O) groups excluding carboxylic acids is 1. The van der Waals surface area contributed by atoms with E-state index in [1.165, 1.54) is 0 Å². The van der Waals surface area contributed by atoms with Crippen LogP contribution in [0.15, 0.2) is 4.47 Å². The summed E-state index contributed by atoms with van der Waals surface area (Å²) in [6.45, 7) is -0.151. The number of rotatable bonds is 4. The fourth-order valence-corrected chi connectivity index (χ4v) is 1.35. The predicted octanol–water partition coefficient (Wildman–Crippen LogP) is -0.197. The van der Waals surface area contributed by atoms with Gasteiger partial charge in [0.1, 0.15) is 4.47 Å². The molecule has 15 heavy (non-hydrogen) atoms. The lowest BCUT2D eigenvalue weighted by molar-refractivity contribution is -0.390. The number of nitrogens with zero attached hydrogens (tertiary/aromatic N) is 2. The second-order valence-corrected chi connectivity index (χ2v) is 3.26. The molecule has 1 aromatic heterocycles. The van der Waals surface area contributed by atoms with Gasteiger partial charge < -0.3 is 20.5 Å². The van der Waals surface area contributed by atoms with E-state index in [9.17, 15) is 14.9 Å². The number of halogens is 1. The molecule has 0 unspecified atom stereocenters.